The predicted molar refractivity (Wildman–Crippen MR) is 81.9 cm³/mol. The summed E-state index contributed by atoms with van der Waals surface area (Å²) in [7, 11) is 0. The van der Waals surface area contributed by atoms with E-state index in [-0.39, 0.29) is 22.8 Å². The van der Waals surface area contributed by atoms with E-state index in [1.54, 1.807) is 24.3 Å². The third-order valence-corrected chi connectivity index (χ3v) is 5.90. The van der Waals surface area contributed by atoms with Crippen LogP contribution in [0.15, 0.2) is 24.3 Å². The molecule has 1 amide bonds. The zero-order valence-electron chi connectivity index (χ0n) is 12.4. The zero-order valence-corrected chi connectivity index (χ0v) is 13.1. The quantitative estimate of drug-likeness (QED) is 0.865. The summed E-state index contributed by atoms with van der Waals surface area (Å²) < 4.78 is 0. The van der Waals surface area contributed by atoms with Gasteiger partial charge in [-0.05, 0) is 60.3 Å². The number of nitrogens with one attached hydrogen (secondary N) is 1. The Bertz CT molecular complexity index is 532. The molecule has 2 aliphatic rings. The van der Waals surface area contributed by atoms with Crippen molar-refractivity contribution in [3.05, 3.63) is 34.9 Å². The number of amides is 1. The van der Waals surface area contributed by atoms with Gasteiger partial charge in [-0.3, -0.25) is 4.79 Å². The van der Waals surface area contributed by atoms with Gasteiger partial charge in [0.1, 0.15) is 0 Å². The first-order valence-electron chi connectivity index (χ1n) is 7.39. The van der Waals surface area contributed by atoms with E-state index in [9.17, 15) is 4.79 Å². The lowest BCUT2D eigenvalue weighted by Gasteiger charge is -2.43. The highest BCUT2D eigenvalue weighted by Crippen LogP contribution is 2.62. The van der Waals surface area contributed by atoms with Crippen molar-refractivity contribution in [1.29, 1.82) is 0 Å². The zero-order chi connectivity index (χ0) is 14.5. The summed E-state index contributed by atoms with van der Waals surface area (Å²) >= 11 is 5.87. The highest BCUT2D eigenvalue weighted by atomic mass is 35.5. The molecule has 1 N–H and O–H groups in total. The Morgan fingerprint density at radius 2 is 1.90 bits per heavy atom. The third-order valence-electron chi connectivity index (χ3n) is 5.65. The van der Waals surface area contributed by atoms with Crippen LogP contribution in [0.25, 0.3) is 0 Å². The fraction of sp³-hybridized carbons (Fsp3) is 0.588. The predicted octanol–water partition coefficient (Wildman–Crippen LogP) is 4.28. The molecule has 0 aliphatic heterocycles. The SMILES string of the molecule is CC12CCC(C1)C(C)(C)C2NC(=O)c1ccc(Cl)cc1. The van der Waals surface area contributed by atoms with E-state index >= 15 is 0 Å². The van der Waals surface area contributed by atoms with E-state index in [0.717, 1.165) is 5.92 Å². The summed E-state index contributed by atoms with van der Waals surface area (Å²) in [6, 6.07) is 7.38. The van der Waals surface area contributed by atoms with Crippen molar-refractivity contribution in [3.63, 3.8) is 0 Å². The van der Waals surface area contributed by atoms with Gasteiger partial charge in [0.2, 0.25) is 0 Å². The van der Waals surface area contributed by atoms with Gasteiger partial charge in [0.25, 0.3) is 5.91 Å². The molecular formula is C17H22ClNO. The summed E-state index contributed by atoms with van der Waals surface area (Å²) in [4.78, 5) is 12.5. The van der Waals surface area contributed by atoms with Crippen LogP contribution in [-0.2, 0) is 0 Å². The molecule has 1 aromatic carbocycles. The number of halogens is 1. The lowest BCUT2D eigenvalue weighted by atomic mass is 9.68. The molecule has 20 heavy (non-hydrogen) atoms. The van der Waals surface area contributed by atoms with Crippen LogP contribution in [0.4, 0.5) is 0 Å². The molecule has 2 bridgehead atoms. The molecule has 3 rings (SSSR count). The van der Waals surface area contributed by atoms with Crippen molar-refractivity contribution < 1.29 is 4.79 Å². The Kier molecular flexibility index (Phi) is 3.13. The van der Waals surface area contributed by atoms with Crippen LogP contribution in [0, 0.1) is 16.7 Å². The largest absolute Gasteiger partial charge is 0.348 e. The maximum absolute atomic E-state index is 12.5. The van der Waals surface area contributed by atoms with Crippen LogP contribution in [0.5, 0.6) is 0 Å². The molecule has 2 fully saturated rings. The third kappa shape index (κ3) is 2.05. The van der Waals surface area contributed by atoms with Crippen molar-refractivity contribution in [3.8, 4) is 0 Å². The summed E-state index contributed by atoms with van der Waals surface area (Å²) in [5, 5.41) is 3.96. The first-order chi connectivity index (χ1) is 9.33. The number of hydrogen-bond acceptors (Lipinski definition) is 1. The standard InChI is InChI=1S/C17H22ClNO/c1-16(2)12-8-9-17(3,10-12)15(16)19-14(20)11-4-6-13(18)7-5-11/h4-7,12,15H,8-10H2,1-3H3,(H,19,20). The van der Waals surface area contributed by atoms with E-state index in [1.807, 2.05) is 0 Å². The Balaban J connectivity index is 1.80. The molecule has 3 unspecified atom stereocenters. The normalized spacial score (nSPS) is 34.2. The van der Waals surface area contributed by atoms with Crippen LogP contribution in [-0.4, -0.2) is 11.9 Å². The number of carbonyl (C=O) groups excluding carboxylic acids is 1. The molecule has 1 aromatic rings. The first-order valence-corrected chi connectivity index (χ1v) is 7.77. The molecule has 108 valence electrons. The molecule has 0 heterocycles. The second-order valence-corrected chi connectivity index (χ2v) is 7.76. The van der Waals surface area contributed by atoms with Crippen LogP contribution in [0.3, 0.4) is 0 Å². The van der Waals surface area contributed by atoms with Crippen molar-refractivity contribution >= 4 is 17.5 Å². The van der Waals surface area contributed by atoms with Gasteiger partial charge >= 0.3 is 0 Å². The van der Waals surface area contributed by atoms with E-state index in [1.165, 1.54) is 19.3 Å². The lowest BCUT2D eigenvalue weighted by Crippen LogP contribution is -2.52. The molecule has 0 radical (unpaired) electrons. The first kappa shape index (κ1) is 13.9. The van der Waals surface area contributed by atoms with Crippen LogP contribution < -0.4 is 5.32 Å². The summed E-state index contributed by atoms with van der Waals surface area (Å²) in [6.07, 6.45) is 3.77. The lowest BCUT2D eigenvalue weighted by molar-refractivity contribution is 0.0737. The average molecular weight is 292 g/mol. The van der Waals surface area contributed by atoms with Gasteiger partial charge in [-0.1, -0.05) is 32.4 Å². The second kappa shape index (κ2) is 4.49. The Hall–Kier alpha value is -1.02. The smallest absolute Gasteiger partial charge is 0.251 e. The minimum Gasteiger partial charge on any atom is -0.348 e. The number of hydrogen-bond donors (Lipinski definition) is 1. The number of rotatable bonds is 2. The molecule has 3 heteroatoms. The highest BCUT2D eigenvalue weighted by molar-refractivity contribution is 6.30. The Labute approximate surface area is 125 Å². The molecule has 0 aromatic heterocycles. The molecule has 2 aliphatic carbocycles. The van der Waals surface area contributed by atoms with Gasteiger partial charge in [-0.25, -0.2) is 0 Å². The minimum atomic E-state index is 0.0218. The number of benzene rings is 1. The number of carbonyl (C=O) groups is 1. The summed E-state index contributed by atoms with van der Waals surface area (Å²) in [5.74, 6) is 0.761. The summed E-state index contributed by atoms with van der Waals surface area (Å²) in [5.41, 5.74) is 1.14. The number of fused-ring (bicyclic) bond motifs is 2. The van der Waals surface area contributed by atoms with Crippen LogP contribution >= 0.6 is 11.6 Å². The van der Waals surface area contributed by atoms with Gasteiger partial charge in [0.15, 0.2) is 0 Å². The second-order valence-electron chi connectivity index (χ2n) is 7.33. The van der Waals surface area contributed by atoms with Crippen molar-refractivity contribution in [2.45, 2.75) is 46.1 Å². The molecule has 2 nitrogen and oxygen atoms in total. The van der Waals surface area contributed by atoms with Gasteiger partial charge in [0.05, 0.1) is 0 Å². The summed E-state index contributed by atoms with van der Waals surface area (Å²) in [6.45, 7) is 6.93. The van der Waals surface area contributed by atoms with Crippen molar-refractivity contribution in [2.75, 3.05) is 0 Å². The molecular weight excluding hydrogens is 270 g/mol. The van der Waals surface area contributed by atoms with E-state index in [2.05, 4.69) is 26.1 Å². The fourth-order valence-corrected chi connectivity index (χ4v) is 4.60. The maximum atomic E-state index is 12.5. The topological polar surface area (TPSA) is 29.1 Å². The van der Waals surface area contributed by atoms with Crippen LogP contribution in [0.1, 0.15) is 50.4 Å². The van der Waals surface area contributed by atoms with E-state index in [0.29, 0.717) is 10.6 Å². The Morgan fingerprint density at radius 1 is 1.25 bits per heavy atom. The van der Waals surface area contributed by atoms with Crippen LogP contribution in [0.2, 0.25) is 5.02 Å². The van der Waals surface area contributed by atoms with Gasteiger partial charge < -0.3 is 5.32 Å². The fourth-order valence-electron chi connectivity index (χ4n) is 4.48. The van der Waals surface area contributed by atoms with Crippen molar-refractivity contribution in [2.24, 2.45) is 16.7 Å². The molecule has 2 saturated carbocycles. The monoisotopic (exact) mass is 291 g/mol. The molecule has 0 spiro atoms. The van der Waals surface area contributed by atoms with Gasteiger partial charge in [0, 0.05) is 16.6 Å². The van der Waals surface area contributed by atoms with E-state index in [4.69, 9.17) is 11.6 Å². The maximum Gasteiger partial charge on any atom is 0.251 e. The average Bonchev–Trinajstić information content (AvgIpc) is 2.86. The van der Waals surface area contributed by atoms with Crippen molar-refractivity contribution in [1.82, 2.24) is 5.32 Å². The molecule has 3 atom stereocenters. The minimum absolute atomic E-state index is 0.0218. The van der Waals surface area contributed by atoms with Gasteiger partial charge in [-0.2, -0.15) is 0 Å². The molecule has 0 saturated heterocycles. The Morgan fingerprint density at radius 3 is 2.45 bits per heavy atom. The van der Waals surface area contributed by atoms with E-state index < -0.39 is 0 Å². The highest BCUT2D eigenvalue weighted by Gasteiger charge is 2.59. The van der Waals surface area contributed by atoms with Gasteiger partial charge in [-0.15, -0.1) is 0 Å².